The molecule has 0 bridgehead atoms. The van der Waals surface area contributed by atoms with Gasteiger partial charge in [-0.3, -0.25) is 0 Å². The molecule has 0 radical (unpaired) electrons. The summed E-state index contributed by atoms with van der Waals surface area (Å²) in [5.41, 5.74) is 0. The first kappa shape index (κ1) is 7.80. The minimum atomic E-state index is -0.152. The summed E-state index contributed by atoms with van der Waals surface area (Å²) in [5.74, 6) is 0.497. The van der Waals surface area contributed by atoms with Crippen LogP contribution < -0.4 is 5.32 Å². The van der Waals surface area contributed by atoms with Crippen molar-refractivity contribution in [3.05, 3.63) is 24.2 Å². The van der Waals surface area contributed by atoms with Crippen molar-refractivity contribution in [2.45, 2.75) is 6.04 Å². The molecule has 1 N–H and O–H groups in total. The third kappa shape index (κ3) is 1.25. The zero-order chi connectivity index (χ0) is 8.55. The van der Waals surface area contributed by atoms with E-state index in [1.165, 1.54) is 0 Å². The number of allylic oxidation sites excluding steroid dienone is 2. The van der Waals surface area contributed by atoms with Crippen LogP contribution in [0.25, 0.3) is 0 Å². The summed E-state index contributed by atoms with van der Waals surface area (Å²) in [6, 6.07) is 0.380. The third-order valence-electron chi connectivity index (χ3n) is 2.55. The van der Waals surface area contributed by atoms with E-state index in [4.69, 9.17) is 0 Å². The molecule has 0 aromatic carbocycles. The van der Waals surface area contributed by atoms with E-state index in [2.05, 4.69) is 5.32 Å². The SMILES string of the molecule is CN1C=C(F)C=CC1C1CNC1. The van der Waals surface area contributed by atoms with E-state index in [0.29, 0.717) is 12.0 Å². The van der Waals surface area contributed by atoms with Gasteiger partial charge in [0.2, 0.25) is 0 Å². The lowest BCUT2D eigenvalue weighted by Crippen LogP contribution is -2.52. The van der Waals surface area contributed by atoms with Crippen LogP contribution in [0.4, 0.5) is 4.39 Å². The molecule has 2 aliphatic heterocycles. The summed E-state index contributed by atoms with van der Waals surface area (Å²) in [6.45, 7) is 2.10. The molecule has 0 spiro atoms. The molecule has 2 aliphatic rings. The van der Waals surface area contributed by atoms with E-state index in [1.807, 2.05) is 18.0 Å². The van der Waals surface area contributed by atoms with E-state index < -0.39 is 0 Å². The van der Waals surface area contributed by atoms with Crippen LogP contribution in [0.3, 0.4) is 0 Å². The molecule has 0 aromatic rings. The number of halogens is 1. The minimum absolute atomic E-state index is 0.152. The normalized spacial score (nSPS) is 30.0. The second-order valence-electron chi connectivity index (χ2n) is 3.45. The molecule has 3 heteroatoms. The zero-order valence-corrected chi connectivity index (χ0v) is 7.13. The highest BCUT2D eigenvalue weighted by molar-refractivity contribution is 5.20. The Bertz CT molecular complexity index is 231. The molecular formula is C9H13FN2. The van der Waals surface area contributed by atoms with E-state index >= 15 is 0 Å². The lowest BCUT2D eigenvalue weighted by Gasteiger charge is -2.39. The van der Waals surface area contributed by atoms with Crippen LogP contribution in [-0.2, 0) is 0 Å². The van der Waals surface area contributed by atoms with Crippen molar-refractivity contribution >= 4 is 0 Å². The van der Waals surface area contributed by atoms with Crippen LogP contribution >= 0.6 is 0 Å². The summed E-state index contributed by atoms with van der Waals surface area (Å²) in [6.07, 6.45) is 5.06. The fraction of sp³-hybridized carbons (Fsp3) is 0.556. The van der Waals surface area contributed by atoms with Crippen molar-refractivity contribution in [1.82, 2.24) is 10.2 Å². The fourth-order valence-corrected chi connectivity index (χ4v) is 1.69. The Hall–Kier alpha value is -0.830. The first-order valence-corrected chi connectivity index (χ1v) is 4.25. The maximum atomic E-state index is 12.7. The third-order valence-corrected chi connectivity index (χ3v) is 2.55. The van der Waals surface area contributed by atoms with Crippen molar-refractivity contribution in [3.63, 3.8) is 0 Å². The van der Waals surface area contributed by atoms with E-state index in [1.54, 1.807) is 12.3 Å². The zero-order valence-electron chi connectivity index (χ0n) is 7.13. The quantitative estimate of drug-likeness (QED) is 0.625. The molecule has 1 saturated heterocycles. The van der Waals surface area contributed by atoms with Gasteiger partial charge in [0.25, 0.3) is 0 Å². The number of nitrogens with one attached hydrogen (secondary N) is 1. The Morgan fingerprint density at radius 1 is 1.58 bits per heavy atom. The molecule has 0 saturated carbocycles. The molecule has 1 atom stereocenters. The van der Waals surface area contributed by atoms with Crippen LogP contribution in [0.1, 0.15) is 0 Å². The van der Waals surface area contributed by atoms with Crippen LogP contribution in [0.2, 0.25) is 0 Å². The van der Waals surface area contributed by atoms with Gasteiger partial charge in [0.05, 0.1) is 6.04 Å². The maximum absolute atomic E-state index is 12.7. The van der Waals surface area contributed by atoms with Crippen molar-refractivity contribution in [2.75, 3.05) is 20.1 Å². The Balaban J connectivity index is 2.04. The Labute approximate surface area is 71.7 Å². The lowest BCUT2D eigenvalue weighted by molar-refractivity contribution is 0.208. The van der Waals surface area contributed by atoms with Crippen LogP contribution in [0.15, 0.2) is 24.2 Å². The van der Waals surface area contributed by atoms with Gasteiger partial charge in [-0.15, -0.1) is 0 Å². The molecule has 66 valence electrons. The van der Waals surface area contributed by atoms with Gasteiger partial charge < -0.3 is 10.2 Å². The number of nitrogens with zero attached hydrogens (tertiary/aromatic N) is 1. The van der Waals surface area contributed by atoms with Gasteiger partial charge in [0.15, 0.2) is 0 Å². The molecule has 0 aromatic heterocycles. The fourth-order valence-electron chi connectivity index (χ4n) is 1.69. The number of likely N-dealkylation sites (N-methyl/N-ethyl adjacent to an activating group) is 1. The summed E-state index contributed by atoms with van der Waals surface area (Å²) in [5, 5.41) is 3.22. The molecule has 2 rings (SSSR count). The molecule has 2 heterocycles. The van der Waals surface area contributed by atoms with Crippen LogP contribution in [-0.4, -0.2) is 31.1 Å². The van der Waals surface area contributed by atoms with Crippen molar-refractivity contribution in [1.29, 1.82) is 0 Å². The minimum Gasteiger partial charge on any atom is -0.371 e. The number of hydrogen-bond acceptors (Lipinski definition) is 2. The number of hydrogen-bond donors (Lipinski definition) is 1. The average molecular weight is 168 g/mol. The summed E-state index contributed by atoms with van der Waals surface area (Å²) in [7, 11) is 1.92. The summed E-state index contributed by atoms with van der Waals surface area (Å²) >= 11 is 0. The van der Waals surface area contributed by atoms with Gasteiger partial charge in [-0.05, 0) is 6.08 Å². The van der Waals surface area contributed by atoms with Crippen molar-refractivity contribution in [2.24, 2.45) is 5.92 Å². The Kier molecular flexibility index (Phi) is 1.89. The monoisotopic (exact) mass is 168 g/mol. The molecule has 12 heavy (non-hydrogen) atoms. The first-order valence-electron chi connectivity index (χ1n) is 4.25. The van der Waals surface area contributed by atoms with Gasteiger partial charge in [0, 0.05) is 32.3 Å². The van der Waals surface area contributed by atoms with Gasteiger partial charge in [-0.25, -0.2) is 4.39 Å². The van der Waals surface area contributed by atoms with Crippen LogP contribution in [0.5, 0.6) is 0 Å². The maximum Gasteiger partial charge on any atom is 0.138 e. The van der Waals surface area contributed by atoms with Gasteiger partial charge in [-0.1, -0.05) is 6.08 Å². The second kappa shape index (κ2) is 2.90. The lowest BCUT2D eigenvalue weighted by atomic mass is 9.91. The summed E-state index contributed by atoms with van der Waals surface area (Å²) in [4.78, 5) is 1.95. The molecule has 0 amide bonds. The number of rotatable bonds is 1. The second-order valence-corrected chi connectivity index (χ2v) is 3.45. The molecule has 1 fully saturated rings. The highest BCUT2D eigenvalue weighted by Gasteiger charge is 2.28. The topological polar surface area (TPSA) is 15.3 Å². The highest BCUT2D eigenvalue weighted by atomic mass is 19.1. The van der Waals surface area contributed by atoms with Gasteiger partial charge in [0.1, 0.15) is 5.83 Å². The van der Waals surface area contributed by atoms with E-state index in [9.17, 15) is 4.39 Å². The van der Waals surface area contributed by atoms with Gasteiger partial charge in [-0.2, -0.15) is 0 Å². The average Bonchev–Trinajstić information content (AvgIpc) is 1.91. The molecule has 1 unspecified atom stereocenters. The van der Waals surface area contributed by atoms with Crippen LogP contribution in [0, 0.1) is 5.92 Å². The van der Waals surface area contributed by atoms with E-state index in [-0.39, 0.29) is 5.83 Å². The predicted molar refractivity (Wildman–Crippen MR) is 46.2 cm³/mol. The summed E-state index contributed by atoms with van der Waals surface area (Å²) < 4.78 is 12.7. The standard InChI is InChI=1S/C9H13FN2/c1-12-6-8(10)2-3-9(12)7-4-11-5-7/h2-3,6-7,9,11H,4-5H2,1H3. The molecule has 2 nitrogen and oxygen atoms in total. The molecule has 0 aliphatic carbocycles. The van der Waals surface area contributed by atoms with Crippen molar-refractivity contribution < 1.29 is 4.39 Å². The molecular weight excluding hydrogens is 155 g/mol. The van der Waals surface area contributed by atoms with E-state index in [0.717, 1.165) is 13.1 Å². The smallest absolute Gasteiger partial charge is 0.138 e. The van der Waals surface area contributed by atoms with Gasteiger partial charge >= 0.3 is 0 Å². The highest BCUT2D eigenvalue weighted by Crippen LogP contribution is 2.21. The first-order chi connectivity index (χ1) is 5.77. The Morgan fingerprint density at radius 3 is 2.83 bits per heavy atom. The Morgan fingerprint density at radius 2 is 2.33 bits per heavy atom. The van der Waals surface area contributed by atoms with Crippen molar-refractivity contribution in [3.8, 4) is 0 Å². The predicted octanol–water partition coefficient (Wildman–Crippen LogP) is 0.887. The largest absolute Gasteiger partial charge is 0.371 e.